The molecule has 0 bridgehead atoms. The van der Waals surface area contributed by atoms with Crippen molar-refractivity contribution < 1.29 is 9.21 Å². The molecule has 0 atom stereocenters. The Kier molecular flexibility index (Phi) is 4.13. The van der Waals surface area contributed by atoms with Gasteiger partial charge in [-0.1, -0.05) is 36.4 Å². The van der Waals surface area contributed by atoms with E-state index in [-0.39, 0.29) is 17.3 Å². The number of carbonyl (C=O) groups excluding carboxylic acids is 1. The van der Waals surface area contributed by atoms with E-state index in [0.717, 1.165) is 21.7 Å². The minimum absolute atomic E-state index is 0.242. The number of nitrogens with two attached hydrogens (primary N) is 1. The van der Waals surface area contributed by atoms with Gasteiger partial charge in [0.2, 0.25) is 5.91 Å². The van der Waals surface area contributed by atoms with Gasteiger partial charge in [0.1, 0.15) is 5.58 Å². The fourth-order valence-corrected chi connectivity index (χ4v) is 3.20. The molecule has 3 aromatic rings. The number of hydrogen-bond acceptors (Lipinski definition) is 5. The van der Waals surface area contributed by atoms with Crippen LogP contribution in [0.2, 0.25) is 0 Å². The predicted octanol–water partition coefficient (Wildman–Crippen LogP) is 2.17. The van der Waals surface area contributed by atoms with Crippen LogP contribution in [-0.2, 0) is 10.5 Å². The molecule has 0 saturated carbocycles. The van der Waals surface area contributed by atoms with E-state index < -0.39 is 0 Å². The van der Waals surface area contributed by atoms with Crippen LogP contribution in [0.5, 0.6) is 0 Å². The normalized spacial score (nSPS) is 11.0. The number of hydrogen-bond donors (Lipinski definition) is 2. The van der Waals surface area contributed by atoms with E-state index in [2.05, 4.69) is 5.43 Å². The van der Waals surface area contributed by atoms with Crippen molar-refractivity contribution >= 4 is 39.4 Å². The molecule has 112 valence electrons. The van der Waals surface area contributed by atoms with Crippen LogP contribution in [0.15, 0.2) is 51.7 Å². The first-order chi connectivity index (χ1) is 10.7. The molecular formula is C16H14N2O3S. The van der Waals surface area contributed by atoms with E-state index in [9.17, 15) is 9.59 Å². The topological polar surface area (TPSA) is 85.3 Å². The van der Waals surface area contributed by atoms with Gasteiger partial charge in [-0.3, -0.25) is 10.2 Å². The highest BCUT2D eigenvalue weighted by Gasteiger charge is 2.09. The second kappa shape index (κ2) is 6.21. The summed E-state index contributed by atoms with van der Waals surface area (Å²) >= 11 is 1.40. The zero-order valence-corrected chi connectivity index (χ0v) is 12.5. The summed E-state index contributed by atoms with van der Waals surface area (Å²) in [5.74, 6) is 5.58. The predicted molar refractivity (Wildman–Crippen MR) is 88.5 cm³/mol. The van der Waals surface area contributed by atoms with Crippen molar-refractivity contribution in [3.63, 3.8) is 0 Å². The maximum atomic E-state index is 11.8. The van der Waals surface area contributed by atoms with Crippen LogP contribution in [0, 0.1) is 0 Å². The van der Waals surface area contributed by atoms with Gasteiger partial charge in [-0.2, -0.15) is 0 Å². The Morgan fingerprint density at radius 1 is 1.18 bits per heavy atom. The SMILES string of the molecule is NNC(=O)CSCc1cc(=O)oc2c1ccc1ccccc12. The minimum Gasteiger partial charge on any atom is -0.422 e. The molecule has 0 radical (unpaired) electrons. The van der Waals surface area contributed by atoms with Crippen molar-refractivity contribution in [2.45, 2.75) is 5.75 Å². The standard InChI is InChI=1S/C16H14N2O3S/c17-18-14(19)9-22-8-11-7-15(20)21-16-12-4-2-1-3-10(12)5-6-13(11)16/h1-7H,8-9,17H2,(H,18,19). The third kappa shape index (κ3) is 2.84. The molecule has 3 rings (SSSR count). The van der Waals surface area contributed by atoms with Gasteiger partial charge in [-0.25, -0.2) is 10.6 Å². The Labute approximate surface area is 130 Å². The highest BCUT2D eigenvalue weighted by Crippen LogP contribution is 2.28. The molecule has 0 saturated heterocycles. The second-order valence-electron chi connectivity index (χ2n) is 4.81. The minimum atomic E-state index is -0.386. The van der Waals surface area contributed by atoms with Crippen LogP contribution in [0.4, 0.5) is 0 Å². The summed E-state index contributed by atoms with van der Waals surface area (Å²) in [6.45, 7) is 0. The molecule has 0 aliphatic carbocycles. The molecule has 2 aromatic carbocycles. The van der Waals surface area contributed by atoms with Crippen molar-refractivity contribution in [2.24, 2.45) is 5.84 Å². The van der Waals surface area contributed by atoms with Crippen molar-refractivity contribution in [2.75, 3.05) is 5.75 Å². The van der Waals surface area contributed by atoms with Gasteiger partial charge >= 0.3 is 5.63 Å². The molecule has 1 aromatic heterocycles. The first kappa shape index (κ1) is 14.6. The number of amides is 1. The van der Waals surface area contributed by atoms with E-state index in [1.54, 1.807) is 0 Å². The number of benzene rings is 2. The Hall–Kier alpha value is -2.31. The Morgan fingerprint density at radius 2 is 2.00 bits per heavy atom. The molecule has 0 unspecified atom stereocenters. The van der Waals surface area contributed by atoms with Gasteiger partial charge in [-0.05, 0) is 10.9 Å². The molecule has 0 spiro atoms. The average Bonchev–Trinajstić information content (AvgIpc) is 2.54. The quantitative estimate of drug-likeness (QED) is 0.253. The van der Waals surface area contributed by atoms with E-state index in [1.807, 2.05) is 36.4 Å². The zero-order valence-electron chi connectivity index (χ0n) is 11.7. The Morgan fingerprint density at radius 3 is 2.82 bits per heavy atom. The molecule has 0 aliphatic rings. The van der Waals surface area contributed by atoms with Crippen LogP contribution >= 0.6 is 11.8 Å². The lowest BCUT2D eigenvalue weighted by Gasteiger charge is -2.07. The summed E-state index contributed by atoms with van der Waals surface area (Å²) in [5, 5.41) is 2.81. The van der Waals surface area contributed by atoms with E-state index in [4.69, 9.17) is 10.3 Å². The van der Waals surface area contributed by atoms with E-state index >= 15 is 0 Å². The average molecular weight is 314 g/mol. The monoisotopic (exact) mass is 314 g/mol. The highest BCUT2D eigenvalue weighted by molar-refractivity contribution is 7.99. The number of thioether (sulfide) groups is 1. The molecule has 0 aliphatic heterocycles. The number of rotatable bonds is 4. The van der Waals surface area contributed by atoms with Crippen LogP contribution in [0.3, 0.4) is 0 Å². The van der Waals surface area contributed by atoms with Crippen LogP contribution in [0.25, 0.3) is 21.7 Å². The molecule has 5 nitrogen and oxygen atoms in total. The van der Waals surface area contributed by atoms with Crippen molar-refractivity contribution in [3.05, 3.63) is 58.4 Å². The van der Waals surface area contributed by atoms with Gasteiger partial charge in [0, 0.05) is 22.6 Å². The summed E-state index contributed by atoms with van der Waals surface area (Å²) in [6, 6.07) is 13.2. The maximum Gasteiger partial charge on any atom is 0.336 e. The molecule has 1 heterocycles. The van der Waals surface area contributed by atoms with Gasteiger partial charge in [0.25, 0.3) is 0 Å². The Bertz CT molecular complexity index is 905. The van der Waals surface area contributed by atoms with E-state index in [1.165, 1.54) is 17.8 Å². The maximum absolute atomic E-state index is 11.8. The van der Waals surface area contributed by atoms with Crippen LogP contribution < -0.4 is 16.9 Å². The summed E-state index contributed by atoms with van der Waals surface area (Å²) in [4.78, 5) is 23.0. The Balaban J connectivity index is 2.05. The van der Waals surface area contributed by atoms with Gasteiger partial charge in [0.15, 0.2) is 0 Å². The van der Waals surface area contributed by atoms with Gasteiger partial charge < -0.3 is 4.42 Å². The molecule has 6 heteroatoms. The summed E-state index contributed by atoms with van der Waals surface area (Å²) in [7, 11) is 0. The third-order valence-electron chi connectivity index (χ3n) is 3.37. The number of fused-ring (bicyclic) bond motifs is 3. The largest absolute Gasteiger partial charge is 0.422 e. The van der Waals surface area contributed by atoms with Gasteiger partial charge in [-0.15, -0.1) is 11.8 Å². The first-order valence-corrected chi connectivity index (χ1v) is 7.86. The third-order valence-corrected chi connectivity index (χ3v) is 4.35. The molecular weight excluding hydrogens is 300 g/mol. The van der Waals surface area contributed by atoms with E-state index in [0.29, 0.717) is 11.3 Å². The summed E-state index contributed by atoms with van der Waals surface area (Å²) in [6.07, 6.45) is 0. The summed E-state index contributed by atoms with van der Waals surface area (Å²) in [5.41, 5.74) is 3.14. The fourth-order valence-electron chi connectivity index (χ4n) is 2.37. The van der Waals surface area contributed by atoms with Crippen molar-refractivity contribution in [1.82, 2.24) is 5.43 Å². The lowest BCUT2D eigenvalue weighted by atomic mass is 10.0. The number of carbonyl (C=O) groups is 1. The molecule has 0 fully saturated rings. The number of hydrazine groups is 1. The van der Waals surface area contributed by atoms with Gasteiger partial charge in [0.05, 0.1) is 5.75 Å². The zero-order chi connectivity index (χ0) is 15.5. The summed E-state index contributed by atoms with van der Waals surface area (Å²) < 4.78 is 5.40. The fraction of sp³-hybridized carbons (Fsp3) is 0.125. The lowest BCUT2D eigenvalue weighted by molar-refractivity contribution is -0.118. The molecule has 22 heavy (non-hydrogen) atoms. The van der Waals surface area contributed by atoms with Crippen LogP contribution in [0.1, 0.15) is 5.56 Å². The highest BCUT2D eigenvalue weighted by atomic mass is 32.2. The molecule has 1 amide bonds. The smallest absolute Gasteiger partial charge is 0.336 e. The molecule has 3 N–H and O–H groups in total. The van der Waals surface area contributed by atoms with Crippen molar-refractivity contribution in [1.29, 1.82) is 0 Å². The second-order valence-corrected chi connectivity index (χ2v) is 5.80. The number of nitrogens with one attached hydrogen (secondary N) is 1. The lowest BCUT2D eigenvalue weighted by Crippen LogP contribution is -2.31. The van der Waals surface area contributed by atoms with Crippen LogP contribution in [-0.4, -0.2) is 11.7 Å². The van der Waals surface area contributed by atoms with Crippen molar-refractivity contribution in [3.8, 4) is 0 Å². The first-order valence-electron chi connectivity index (χ1n) is 6.71.